The van der Waals surface area contributed by atoms with E-state index in [1.54, 1.807) is 0 Å². The van der Waals surface area contributed by atoms with E-state index in [4.69, 9.17) is 16.7 Å². The van der Waals surface area contributed by atoms with Gasteiger partial charge in [0.2, 0.25) is 5.82 Å². The van der Waals surface area contributed by atoms with Gasteiger partial charge in [0.1, 0.15) is 10.6 Å². The number of nitro groups is 1. The molecule has 5 nitrogen and oxygen atoms in total. The lowest BCUT2D eigenvalue weighted by Gasteiger charge is -1.99. The zero-order valence-electron chi connectivity index (χ0n) is 6.53. The van der Waals surface area contributed by atoms with Crippen molar-refractivity contribution >= 4 is 23.3 Å². The van der Waals surface area contributed by atoms with Crippen LogP contribution in [0.25, 0.3) is 0 Å². The average molecular weight is 220 g/mol. The average Bonchev–Trinajstić information content (AvgIpc) is 2.02. The summed E-state index contributed by atoms with van der Waals surface area (Å²) in [7, 11) is 0. The molecule has 0 amide bonds. The number of hydrogen-bond donors (Lipinski definition) is 1. The van der Waals surface area contributed by atoms with Crippen LogP contribution in [-0.2, 0) is 0 Å². The second kappa shape index (κ2) is 3.59. The van der Waals surface area contributed by atoms with E-state index >= 15 is 0 Å². The third-order valence-corrected chi connectivity index (χ3v) is 1.78. The smallest absolute Gasteiger partial charge is 0.338 e. The highest BCUT2D eigenvalue weighted by molar-refractivity contribution is 6.32. The zero-order chi connectivity index (χ0) is 10.9. The van der Waals surface area contributed by atoms with E-state index in [1.807, 2.05) is 0 Å². The summed E-state index contributed by atoms with van der Waals surface area (Å²) >= 11 is 5.33. The number of nitro benzene ring substituents is 1. The largest absolute Gasteiger partial charge is 0.478 e. The van der Waals surface area contributed by atoms with Gasteiger partial charge >= 0.3 is 11.7 Å². The highest BCUT2D eigenvalue weighted by Gasteiger charge is 2.25. The summed E-state index contributed by atoms with van der Waals surface area (Å²) in [6.45, 7) is 0. The van der Waals surface area contributed by atoms with Crippen LogP contribution < -0.4 is 0 Å². The number of aromatic carboxylic acids is 1. The first-order valence-corrected chi connectivity index (χ1v) is 3.68. The maximum absolute atomic E-state index is 13.1. The molecule has 0 atom stereocenters. The minimum absolute atomic E-state index is 0.433. The number of benzene rings is 1. The number of carbonyl (C=O) groups is 1. The Labute approximate surface area is 81.9 Å². The first-order chi connectivity index (χ1) is 6.45. The van der Waals surface area contributed by atoms with Crippen molar-refractivity contribution in [3.05, 3.63) is 38.7 Å². The summed E-state index contributed by atoms with van der Waals surface area (Å²) < 4.78 is 13.1. The molecule has 0 aromatic heterocycles. The van der Waals surface area contributed by atoms with Crippen LogP contribution >= 0.6 is 11.6 Å². The van der Waals surface area contributed by atoms with Crippen molar-refractivity contribution in [3.8, 4) is 0 Å². The SMILES string of the molecule is O=C(O)c1ccc(Cl)c([N+](=O)[O-])c1F. The predicted molar refractivity (Wildman–Crippen MR) is 45.0 cm³/mol. The van der Waals surface area contributed by atoms with E-state index in [1.165, 1.54) is 0 Å². The molecule has 0 radical (unpaired) electrons. The van der Waals surface area contributed by atoms with E-state index in [9.17, 15) is 19.3 Å². The molecule has 0 aliphatic heterocycles. The quantitative estimate of drug-likeness (QED) is 0.610. The molecule has 14 heavy (non-hydrogen) atoms. The molecule has 1 N–H and O–H groups in total. The number of carboxylic acids is 1. The Morgan fingerprint density at radius 1 is 1.57 bits per heavy atom. The van der Waals surface area contributed by atoms with Gasteiger partial charge in [-0.15, -0.1) is 0 Å². The molecule has 1 aromatic carbocycles. The molecular formula is C7H3ClFNO4. The van der Waals surface area contributed by atoms with Gasteiger partial charge in [0.25, 0.3) is 0 Å². The summed E-state index contributed by atoms with van der Waals surface area (Å²) in [6, 6.07) is 1.83. The highest BCUT2D eigenvalue weighted by atomic mass is 35.5. The van der Waals surface area contributed by atoms with Gasteiger partial charge in [-0.25, -0.2) is 4.79 Å². The molecule has 0 saturated heterocycles. The second-order valence-corrected chi connectivity index (χ2v) is 2.73. The number of hydrogen-bond acceptors (Lipinski definition) is 3. The number of nitrogens with zero attached hydrogens (tertiary/aromatic N) is 1. The maximum Gasteiger partial charge on any atom is 0.338 e. The summed E-state index contributed by atoms with van der Waals surface area (Å²) in [5.74, 6) is -3.02. The van der Waals surface area contributed by atoms with Crippen LogP contribution in [0.15, 0.2) is 12.1 Å². The monoisotopic (exact) mass is 219 g/mol. The Hall–Kier alpha value is -1.69. The lowest BCUT2D eigenvalue weighted by Crippen LogP contribution is -2.04. The van der Waals surface area contributed by atoms with E-state index in [-0.39, 0.29) is 0 Å². The standard InChI is InChI=1S/C7H3ClFNO4/c8-4-2-1-3(7(11)12)5(9)6(4)10(13)14/h1-2H,(H,11,12). The van der Waals surface area contributed by atoms with Crippen LogP contribution in [0.4, 0.5) is 10.1 Å². The number of carboxylic acid groups (broad SMARTS) is 1. The molecular weight excluding hydrogens is 217 g/mol. The summed E-state index contributed by atoms with van der Waals surface area (Å²) in [4.78, 5) is 19.6. The number of rotatable bonds is 2. The molecule has 0 bridgehead atoms. The Morgan fingerprint density at radius 2 is 2.14 bits per heavy atom. The van der Waals surface area contributed by atoms with E-state index in [0.717, 1.165) is 12.1 Å². The fourth-order valence-corrected chi connectivity index (χ4v) is 1.09. The Bertz CT molecular complexity index is 420. The molecule has 0 fully saturated rings. The normalized spacial score (nSPS) is 9.86. The molecule has 0 heterocycles. The van der Waals surface area contributed by atoms with Gasteiger partial charge in [-0.2, -0.15) is 4.39 Å². The molecule has 0 aliphatic rings. The summed E-state index contributed by atoms with van der Waals surface area (Å²) in [5, 5.41) is 18.3. The first-order valence-electron chi connectivity index (χ1n) is 3.31. The molecule has 0 saturated carbocycles. The molecule has 1 aromatic rings. The molecule has 74 valence electrons. The van der Waals surface area contributed by atoms with Gasteiger partial charge in [-0.3, -0.25) is 10.1 Å². The van der Waals surface area contributed by atoms with Crippen molar-refractivity contribution in [2.24, 2.45) is 0 Å². The van der Waals surface area contributed by atoms with Crippen molar-refractivity contribution < 1.29 is 19.2 Å². The topological polar surface area (TPSA) is 80.4 Å². The van der Waals surface area contributed by atoms with Gasteiger partial charge in [0.15, 0.2) is 0 Å². The lowest BCUT2D eigenvalue weighted by atomic mass is 10.2. The minimum atomic E-state index is -1.58. The van der Waals surface area contributed by atoms with Crippen molar-refractivity contribution in [2.75, 3.05) is 0 Å². The molecule has 0 spiro atoms. The zero-order valence-corrected chi connectivity index (χ0v) is 7.29. The van der Waals surface area contributed by atoms with E-state index < -0.39 is 33.0 Å². The third-order valence-electron chi connectivity index (χ3n) is 1.48. The molecule has 0 unspecified atom stereocenters. The number of halogens is 2. The maximum atomic E-state index is 13.1. The van der Waals surface area contributed by atoms with E-state index in [2.05, 4.69) is 0 Å². The van der Waals surface area contributed by atoms with Gasteiger partial charge in [-0.05, 0) is 12.1 Å². The summed E-state index contributed by atoms with van der Waals surface area (Å²) in [5.41, 5.74) is -1.80. The van der Waals surface area contributed by atoms with Gasteiger partial charge in [-0.1, -0.05) is 11.6 Å². The van der Waals surface area contributed by atoms with Gasteiger partial charge < -0.3 is 5.11 Å². The van der Waals surface area contributed by atoms with Crippen molar-refractivity contribution in [1.29, 1.82) is 0 Å². The van der Waals surface area contributed by atoms with Crippen LogP contribution in [0.3, 0.4) is 0 Å². The Balaban J connectivity index is 3.49. The second-order valence-electron chi connectivity index (χ2n) is 2.32. The first kappa shape index (κ1) is 10.4. The van der Waals surface area contributed by atoms with Crippen LogP contribution in [0, 0.1) is 15.9 Å². The Morgan fingerprint density at radius 3 is 2.57 bits per heavy atom. The third kappa shape index (κ3) is 1.64. The van der Waals surface area contributed by atoms with Crippen molar-refractivity contribution in [1.82, 2.24) is 0 Å². The predicted octanol–water partition coefficient (Wildman–Crippen LogP) is 2.09. The highest BCUT2D eigenvalue weighted by Crippen LogP contribution is 2.29. The van der Waals surface area contributed by atoms with Crippen molar-refractivity contribution in [2.45, 2.75) is 0 Å². The van der Waals surface area contributed by atoms with Gasteiger partial charge in [0.05, 0.1) is 4.92 Å². The fraction of sp³-hybridized carbons (Fsp3) is 0. The molecule has 7 heteroatoms. The van der Waals surface area contributed by atoms with Crippen LogP contribution in [0.5, 0.6) is 0 Å². The molecule has 0 aliphatic carbocycles. The van der Waals surface area contributed by atoms with E-state index in [0.29, 0.717) is 0 Å². The van der Waals surface area contributed by atoms with Crippen LogP contribution in [0.2, 0.25) is 5.02 Å². The van der Waals surface area contributed by atoms with Crippen LogP contribution in [-0.4, -0.2) is 16.0 Å². The Kier molecular flexibility index (Phi) is 2.66. The lowest BCUT2D eigenvalue weighted by molar-refractivity contribution is -0.387. The van der Waals surface area contributed by atoms with Crippen molar-refractivity contribution in [3.63, 3.8) is 0 Å². The fourth-order valence-electron chi connectivity index (χ4n) is 0.874. The summed E-state index contributed by atoms with van der Waals surface area (Å²) in [6.07, 6.45) is 0. The van der Waals surface area contributed by atoms with Gasteiger partial charge in [0, 0.05) is 0 Å². The minimum Gasteiger partial charge on any atom is -0.478 e. The molecule has 1 rings (SSSR count). The van der Waals surface area contributed by atoms with Crippen LogP contribution in [0.1, 0.15) is 10.4 Å².